The summed E-state index contributed by atoms with van der Waals surface area (Å²) in [6.07, 6.45) is 57.1. The van der Waals surface area contributed by atoms with Crippen LogP contribution in [0.15, 0.2) is 60.8 Å². The molecule has 0 aromatic heterocycles. The van der Waals surface area contributed by atoms with Gasteiger partial charge in [0, 0.05) is 6.42 Å². The minimum Gasteiger partial charge on any atom is -0.462 e. The van der Waals surface area contributed by atoms with Gasteiger partial charge in [-0.2, -0.15) is 0 Å². The maximum absolute atomic E-state index is 13.2. The van der Waals surface area contributed by atoms with Crippen molar-refractivity contribution >= 4 is 11.9 Å². The molecule has 342 valence electrons. The van der Waals surface area contributed by atoms with Crippen molar-refractivity contribution in [3.63, 3.8) is 0 Å². The van der Waals surface area contributed by atoms with Crippen molar-refractivity contribution in [2.45, 2.75) is 257 Å². The lowest BCUT2D eigenvalue weighted by molar-refractivity contribution is -0.151. The first-order valence-corrected chi connectivity index (χ1v) is 25.1. The first kappa shape index (κ1) is 56.6. The van der Waals surface area contributed by atoms with Gasteiger partial charge in [-0.3, -0.25) is 9.59 Å². The second-order valence-electron chi connectivity index (χ2n) is 17.0. The molecule has 0 fully saturated rings. The topological polar surface area (TPSA) is 95.9 Å². The van der Waals surface area contributed by atoms with Crippen LogP contribution in [0.25, 0.3) is 0 Å². The number of hydrogen-bond acceptors (Lipinski definition) is 5. The van der Waals surface area contributed by atoms with E-state index in [1.54, 1.807) is 0 Å². The Morgan fingerprint density at radius 3 is 1.32 bits per heavy atom. The predicted molar refractivity (Wildman–Crippen MR) is 255 cm³/mol. The molecule has 0 saturated carbocycles. The molecule has 0 heterocycles. The zero-order valence-electron chi connectivity index (χ0n) is 38.9. The summed E-state index contributed by atoms with van der Waals surface area (Å²) in [4.78, 5) is 26.0. The molecule has 0 aliphatic rings. The van der Waals surface area contributed by atoms with E-state index in [0.717, 1.165) is 51.4 Å². The first-order chi connectivity index (χ1) is 29.0. The smallest absolute Gasteiger partial charge is 0.306 e. The fourth-order valence-corrected chi connectivity index (χ4v) is 7.46. The van der Waals surface area contributed by atoms with Gasteiger partial charge < -0.3 is 20.3 Å². The second-order valence-corrected chi connectivity index (χ2v) is 17.0. The van der Waals surface area contributed by atoms with E-state index in [4.69, 9.17) is 4.74 Å². The summed E-state index contributed by atoms with van der Waals surface area (Å²) in [6, 6.07) is -0.715. The number of carbonyl (C=O) groups is 2. The Morgan fingerprint density at radius 2 is 0.898 bits per heavy atom. The van der Waals surface area contributed by atoms with E-state index in [2.05, 4.69) is 38.2 Å². The highest BCUT2D eigenvalue weighted by Gasteiger charge is 2.24. The highest BCUT2D eigenvalue weighted by atomic mass is 16.5. The van der Waals surface area contributed by atoms with Gasteiger partial charge in [0.1, 0.15) is 6.10 Å². The summed E-state index contributed by atoms with van der Waals surface area (Å²) in [5.74, 6) is -0.558. The molecule has 6 heteroatoms. The summed E-state index contributed by atoms with van der Waals surface area (Å²) in [5.41, 5.74) is 0. The van der Waals surface area contributed by atoms with Crippen molar-refractivity contribution in [1.82, 2.24) is 5.32 Å². The molecule has 1 amide bonds. The number of unbranched alkanes of at least 4 members (excludes halogenated alkanes) is 26. The van der Waals surface area contributed by atoms with Crippen LogP contribution in [0.3, 0.4) is 0 Å². The molecule has 3 unspecified atom stereocenters. The largest absolute Gasteiger partial charge is 0.462 e. The Bertz CT molecular complexity index is 1060. The van der Waals surface area contributed by atoms with Crippen molar-refractivity contribution in [3.8, 4) is 0 Å². The van der Waals surface area contributed by atoms with Crippen LogP contribution in [-0.2, 0) is 14.3 Å². The fourth-order valence-electron chi connectivity index (χ4n) is 7.46. The SMILES string of the molecule is CC/C=C/C=C/C=C\C=C/C=C/CCCC(=O)OC(CCCCCCCCCCCCCC)CC(=O)NC(CO)C(O)CCCCCCCCCCCCCCCCC. The first-order valence-electron chi connectivity index (χ1n) is 25.1. The van der Waals surface area contributed by atoms with Crippen LogP contribution < -0.4 is 5.32 Å². The molecule has 0 radical (unpaired) electrons. The minimum atomic E-state index is -0.799. The van der Waals surface area contributed by atoms with Gasteiger partial charge in [0.2, 0.25) is 5.91 Å². The van der Waals surface area contributed by atoms with E-state index in [0.29, 0.717) is 25.7 Å². The van der Waals surface area contributed by atoms with Gasteiger partial charge in [-0.1, -0.05) is 248 Å². The maximum Gasteiger partial charge on any atom is 0.306 e. The van der Waals surface area contributed by atoms with Crippen molar-refractivity contribution in [2.24, 2.45) is 0 Å². The fraction of sp³-hybridized carbons (Fsp3) is 0.774. The Balaban J connectivity index is 4.63. The average molecular weight is 826 g/mol. The lowest BCUT2D eigenvalue weighted by atomic mass is 10.0. The molecule has 0 saturated heterocycles. The molecule has 0 aliphatic heterocycles. The Morgan fingerprint density at radius 1 is 0.508 bits per heavy atom. The molecule has 0 aliphatic carbocycles. The number of carbonyl (C=O) groups excluding carboxylic acids is 2. The number of esters is 1. The summed E-state index contributed by atoms with van der Waals surface area (Å²) in [7, 11) is 0. The number of amides is 1. The molecule has 0 aromatic rings. The number of nitrogens with one attached hydrogen (secondary N) is 1. The van der Waals surface area contributed by atoms with Crippen LogP contribution in [-0.4, -0.2) is 46.9 Å². The molecular weight excluding hydrogens is 731 g/mol. The zero-order valence-corrected chi connectivity index (χ0v) is 38.9. The van der Waals surface area contributed by atoms with Gasteiger partial charge in [-0.25, -0.2) is 0 Å². The molecule has 6 nitrogen and oxygen atoms in total. The lowest BCUT2D eigenvalue weighted by Gasteiger charge is -2.24. The van der Waals surface area contributed by atoms with Crippen molar-refractivity contribution < 1.29 is 24.5 Å². The van der Waals surface area contributed by atoms with Crippen LogP contribution in [0.2, 0.25) is 0 Å². The van der Waals surface area contributed by atoms with Crippen LogP contribution in [0.1, 0.15) is 239 Å². The number of rotatable bonds is 44. The summed E-state index contributed by atoms with van der Waals surface area (Å²) in [5, 5.41) is 23.7. The molecule has 59 heavy (non-hydrogen) atoms. The Kier molecular flexibility index (Phi) is 44.7. The van der Waals surface area contributed by atoms with Gasteiger partial charge in [0.05, 0.1) is 25.2 Å². The van der Waals surface area contributed by atoms with Gasteiger partial charge in [0.25, 0.3) is 0 Å². The molecule has 3 N–H and O–H groups in total. The number of aliphatic hydroxyl groups is 2. The third-order valence-electron chi connectivity index (χ3n) is 11.2. The molecular formula is C53H95NO5. The lowest BCUT2D eigenvalue weighted by Crippen LogP contribution is -2.46. The second kappa shape index (κ2) is 46.6. The maximum atomic E-state index is 13.2. The van der Waals surface area contributed by atoms with Crippen molar-refractivity contribution in [3.05, 3.63) is 60.8 Å². The number of ether oxygens (including phenoxy) is 1. The zero-order chi connectivity index (χ0) is 43.1. The normalized spacial score (nSPS) is 13.8. The Labute approximate surface area is 365 Å². The molecule has 3 atom stereocenters. The van der Waals surface area contributed by atoms with Crippen LogP contribution in [0.5, 0.6) is 0 Å². The summed E-state index contributed by atoms with van der Waals surface area (Å²) < 4.78 is 5.88. The van der Waals surface area contributed by atoms with E-state index in [-0.39, 0.29) is 24.9 Å². The van der Waals surface area contributed by atoms with Gasteiger partial charge >= 0.3 is 5.97 Å². The third kappa shape index (κ3) is 42.1. The van der Waals surface area contributed by atoms with E-state index in [1.165, 1.54) is 135 Å². The van der Waals surface area contributed by atoms with E-state index >= 15 is 0 Å². The monoisotopic (exact) mass is 826 g/mol. The summed E-state index contributed by atoms with van der Waals surface area (Å²) in [6.45, 7) is 6.32. The van der Waals surface area contributed by atoms with Crippen molar-refractivity contribution in [2.75, 3.05) is 6.61 Å². The van der Waals surface area contributed by atoms with Crippen LogP contribution >= 0.6 is 0 Å². The van der Waals surface area contributed by atoms with Gasteiger partial charge in [-0.05, 0) is 38.5 Å². The molecule has 0 spiro atoms. The van der Waals surface area contributed by atoms with E-state index in [9.17, 15) is 19.8 Å². The highest BCUT2D eigenvalue weighted by Crippen LogP contribution is 2.18. The van der Waals surface area contributed by atoms with Crippen LogP contribution in [0.4, 0.5) is 0 Å². The molecule has 0 bridgehead atoms. The average Bonchev–Trinajstić information content (AvgIpc) is 3.23. The van der Waals surface area contributed by atoms with E-state index < -0.39 is 18.2 Å². The third-order valence-corrected chi connectivity index (χ3v) is 11.2. The van der Waals surface area contributed by atoms with Gasteiger partial charge in [0.15, 0.2) is 0 Å². The van der Waals surface area contributed by atoms with Crippen LogP contribution in [0, 0.1) is 0 Å². The van der Waals surface area contributed by atoms with E-state index in [1.807, 2.05) is 48.6 Å². The number of aliphatic hydroxyl groups excluding tert-OH is 2. The Hall–Kier alpha value is -2.44. The number of hydrogen-bond donors (Lipinski definition) is 3. The van der Waals surface area contributed by atoms with Gasteiger partial charge in [-0.15, -0.1) is 0 Å². The predicted octanol–water partition coefficient (Wildman–Crippen LogP) is 14.8. The quantitative estimate of drug-likeness (QED) is 0.0323. The van der Waals surface area contributed by atoms with Crippen molar-refractivity contribution in [1.29, 1.82) is 0 Å². The molecule has 0 aromatic carbocycles. The standard InChI is InChI=1S/C53H95NO5/c1-4-7-10-13-16-19-22-25-26-28-30-33-36-39-42-45-51(56)50(48-55)54-52(57)47-49(44-41-38-35-32-29-24-21-18-15-12-9-6-3)59-53(58)46-43-40-37-34-31-27-23-20-17-14-11-8-5-2/h8,11,14,17,20,23,27,31,34,37,49-51,55-56H,4-7,9-10,12-13,15-16,18-19,21-22,24-26,28-30,32-33,35-36,38-48H2,1-3H3,(H,54,57)/b11-8+,17-14+,23-20-,31-27-,37-34+. The summed E-state index contributed by atoms with van der Waals surface area (Å²) >= 11 is 0. The number of allylic oxidation sites excluding steroid dienone is 10. The highest BCUT2D eigenvalue weighted by molar-refractivity contribution is 5.77. The molecule has 0 rings (SSSR count). The minimum absolute atomic E-state index is 0.0498.